The third-order valence-electron chi connectivity index (χ3n) is 1.70. The van der Waals surface area contributed by atoms with Crippen LogP contribution in [0.5, 0.6) is 0 Å². The van der Waals surface area contributed by atoms with E-state index in [9.17, 15) is 0 Å². The van der Waals surface area contributed by atoms with Crippen LogP contribution in [0.1, 0.15) is 0 Å². The van der Waals surface area contributed by atoms with E-state index >= 15 is 0 Å². The Kier molecular flexibility index (Phi) is 0.939. The zero-order chi connectivity index (χ0) is 6.32. The second-order valence-corrected chi connectivity index (χ2v) is 3.59. The van der Waals surface area contributed by atoms with Crippen LogP contribution in [0.2, 0.25) is 0 Å². The van der Waals surface area contributed by atoms with Crippen LogP contribution in [0, 0.1) is 0 Å². The molecule has 0 aliphatic carbocycles. The molecule has 3 N–H and O–H groups in total. The zero-order valence-corrected chi connectivity index (χ0v) is 5.87. The minimum atomic E-state index is 0.273. The summed E-state index contributed by atoms with van der Waals surface area (Å²) >= 11 is 1.94. The minimum Gasteiger partial charge on any atom is -0.370 e. The maximum atomic E-state index is 5.45. The van der Waals surface area contributed by atoms with Crippen LogP contribution >= 0.6 is 11.8 Å². The van der Waals surface area contributed by atoms with Crippen molar-refractivity contribution in [3.63, 3.8) is 0 Å². The zero-order valence-electron chi connectivity index (χ0n) is 5.05. The molecule has 2 aliphatic heterocycles. The highest BCUT2D eigenvalue weighted by Gasteiger charge is 2.41. The molecule has 0 aromatic rings. The molecule has 9 heavy (non-hydrogen) atoms. The van der Waals surface area contributed by atoms with Gasteiger partial charge in [-0.3, -0.25) is 4.99 Å². The van der Waals surface area contributed by atoms with Crippen LogP contribution < -0.4 is 11.1 Å². The van der Waals surface area contributed by atoms with Gasteiger partial charge >= 0.3 is 0 Å². The van der Waals surface area contributed by atoms with E-state index in [4.69, 9.17) is 5.73 Å². The largest absolute Gasteiger partial charge is 0.370 e. The summed E-state index contributed by atoms with van der Waals surface area (Å²) in [6.45, 7) is 0.881. The van der Waals surface area contributed by atoms with Crippen molar-refractivity contribution in [2.24, 2.45) is 10.7 Å². The van der Waals surface area contributed by atoms with Gasteiger partial charge < -0.3 is 11.1 Å². The van der Waals surface area contributed by atoms with E-state index in [0.29, 0.717) is 5.96 Å². The lowest BCUT2D eigenvalue weighted by molar-refractivity contribution is 0.498. The number of hydrogen-bond donors (Lipinski definition) is 2. The summed E-state index contributed by atoms with van der Waals surface area (Å²) in [6, 6.07) is 0. The fourth-order valence-electron chi connectivity index (χ4n) is 1.10. The Balaban J connectivity index is 2.05. The lowest BCUT2D eigenvalue weighted by Gasteiger charge is -2.36. The van der Waals surface area contributed by atoms with E-state index in [1.54, 1.807) is 0 Å². The van der Waals surface area contributed by atoms with Crippen LogP contribution in [0.4, 0.5) is 0 Å². The standard InChI is InChI=1S/C5H9N3S/c6-4-7-1-5(8-4)2-9-3-5/h1-3H2,(H3,6,7,8). The monoisotopic (exact) mass is 143 g/mol. The first-order chi connectivity index (χ1) is 4.31. The highest BCUT2D eigenvalue weighted by molar-refractivity contribution is 8.00. The smallest absolute Gasteiger partial charge is 0.189 e. The average Bonchev–Trinajstić information content (AvgIpc) is 2.09. The predicted octanol–water partition coefficient (Wildman–Crippen LogP) is -0.610. The molecule has 4 heteroatoms. The first-order valence-corrected chi connectivity index (χ1v) is 4.12. The summed E-state index contributed by atoms with van der Waals surface area (Å²) in [5.74, 6) is 2.95. The fraction of sp³-hybridized carbons (Fsp3) is 0.800. The van der Waals surface area contributed by atoms with Crippen LogP contribution in [0.15, 0.2) is 4.99 Å². The summed E-state index contributed by atoms with van der Waals surface area (Å²) < 4.78 is 0. The summed E-state index contributed by atoms with van der Waals surface area (Å²) in [7, 11) is 0. The number of hydrogen-bond acceptors (Lipinski definition) is 4. The van der Waals surface area contributed by atoms with Gasteiger partial charge in [0, 0.05) is 11.5 Å². The maximum Gasteiger partial charge on any atom is 0.189 e. The highest BCUT2D eigenvalue weighted by atomic mass is 32.2. The second kappa shape index (κ2) is 1.56. The molecule has 0 aromatic heterocycles. The van der Waals surface area contributed by atoms with E-state index in [2.05, 4.69) is 10.3 Å². The molecule has 2 aliphatic rings. The summed E-state index contributed by atoms with van der Waals surface area (Å²) in [5.41, 5.74) is 5.72. The number of rotatable bonds is 0. The summed E-state index contributed by atoms with van der Waals surface area (Å²) in [6.07, 6.45) is 0. The topological polar surface area (TPSA) is 50.4 Å². The van der Waals surface area contributed by atoms with Gasteiger partial charge in [0.05, 0.1) is 12.1 Å². The van der Waals surface area contributed by atoms with Gasteiger partial charge in [0.1, 0.15) is 0 Å². The van der Waals surface area contributed by atoms with E-state index in [-0.39, 0.29) is 5.54 Å². The van der Waals surface area contributed by atoms with Gasteiger partial charge in [-0.2, -0.15) is 11.8 Å². The van der Waals surface area contributed by atoms with Crippen molar-refractivity contribution in [2.45, 2.75) is 5.54 Å². The normalized spacial score (nSPS) is 29.1. The Bertz CT molecular complexity index is 162. The van der Waals surface area contributed by atoms with Crippen molar-refractivity contribution in [1.29, 1.82) is 0 Å². The molecular weight excluding hydrogens is 134 g/mol. The van der Waals surface area contributed by atoms with Crippen LogP contribution in [0.25, 0.3) is 0 Å². The van der Waals surface area contributed by atoms with Crippen molar-refractivity contribution in [1.82, 2.24) is 5.32 Å². The number of thioether (sulfide) groups is 1. The summed E-state index contributed by atoms with van der Waals surface area (Å²) in [4.78, 5) is 4.08. The van der Waals surface area contributed by atoms with E-state index in [1.165, 1.54) is 0 Å². The highest BCUT2D eigenvalue weighted by Crippen LogP contribution is 2.31. The molecule has 1 saturated heterocycles. The molecule has 3 nitrogen and oxygen atoms in total. The predicted molar refractivity (Wildman–Crippen MR) is 39.7 cm³/mol. The van der Waals surface area contributed by atoms with Crippen molar-refractivity contribution in [2.75, 3.05) is 18.1 Å². The Hall–Kier alpha value is -0.380. The number of nitrogens with two attached hydrogens (primary N) is 1. The number of nitrogens with one attached hydrogen (secondary N) is 1. The quantitative estimate of drug-likeness (QED) is 0.475. The second-order valence-electron chi connectivity index (χ2n) is 2.60. The van der Waals surface area contributed by atoms with Gasteiger partial charge in [-0.1, -0.05) is 0 Å². The third-order valence-corrected chi connectivity index (χ3v) is 3.22. The first kappa shape index (κ1) is 5.41. The Morgan fingerprint density at radius 3 is 2.67 bits per heavy atom. The van der Waals surface area contributed by atoms with E-state index < -0.39 is 0 Å². The third kappa shape index (κ3) is 0.694. The van der Waals surface area contributed by atoms with Crippen molar-refractivity contribution >= 4 is 17.7 Å². The minimum absolute atomic E-state index is 0.273. The lowest BCUT2D eigenvalue weighted by atomic mass is 10.1. The van der Waals surface area contributed by atoms with Crippen LogP contribution in [0.3, 0.4) is 0 Å². The maximum absolute atomic E-state index is 5.45. The van der Waals surface area contributed by atoms with Crippen LogP contribution in [-0.2, 0) is 0 Å². The number of nitrogens with zero attached hydrogens (tertiary/aromatic N) is 1. The van der Waals surface area contributed by atoms with Gasteiger partial charge in [-0.25, -0.2) is 0 Å². The number of aliphatic imine (C=N–C) groups is 1. The molecule has 0 radical (unpaired) electrons. The fourth-order valence-corrected chi connectivity index (χ4v) is 2.12. The molecule has 0 atom stereocenters. The molecule has 0 saturated carbocycles. The van der Waals surface area contributed by atoms with Gasteiger partial charge in [-0.15, -0.1) is 0 Å². The van der Waals surface area contributed by atoms with Crippen molar-refractivity contribution < 1.29 is 0 Å². The van der Waals surface area contributed by atoms with Gasteiger partial charge in [0.25, 0.3) is 0 Å². The average molecular weight is 143 g/mol. The Labute approximate surface area is 58.1 Å². The Morgan fingerprint density at radius 1 is 1.67 bits per heavy atom. The molecular formula is C5H9N3S. The van der Waals surface area contributed by atoms with Gasteiger partial charge in [0.15, 0.2) is 5.96 Å². The van der Waals surface area contributed by atoms with Crippen LogP contribution in [-0.4, -0.2) is 29.5 Å². The SMILES string of the molecule is NC1=NCC2(CSC2)N1. The van der Waals surface area contributed by atoms with Gasteiger partial charge in [0.2, 0.25) is 0 Å². The molecule has 2 heterocycles. The molecule has 50 valence electrons. The van der Waals surface area contributed by atoms with E-state index in [0.717, 1.165) is 18.1 Å². The van der Waals surface area contributed by atoms with E-state index in [1.807, 2.05) is 11.8 Å². The molecule has 0 unspecified atom stereocenters. The molecule has 0 bridgehead atoms. The molecule has 0 aromatic carbocycles. The van der Waals surface area contributed by atoms with Crippen molar-refractivity contribution in [3.8, 4) is 0 Å². The Morgan fingerprint density at radius 2 is 2.44 bits per heavy atom. The first-order valence-electron chi connectivity index (χ1n) is 2.97. The van der Waals surface area contributed by atoms with Crippen molar-refractivity contribution in [3.05, 3.63) is 0 Å². The lowest BCUT2D eigenvalue weighted by Crippen LogP contribution is -2.57. The van der Waals surface area contributed by atoms with Gasteiger partial charge in [-0.05, 0) is 0 Å². The molecule has 1 fully saturated rings. The summed E-state index contributed by atoms with van der Waals surface area (Å²) in [5, 5.41) is 3.17. The molecule has 0 amide bonds. The molecule has 1 spiro atoms. The number of guanidine groups is 1. The molecule has 2 rings (SSSR count).